The van der Waals surface area contributed by atoms with E-state index < -0.39 is 6.16 Å². The molecule has 2 N–H and O–H groups in total. The average molecular weight is 615 g/mol. The van der Waals surface area contributed by atoms with Crippen molar-refractivity contribution in [2.75, 3.05) is 13.7 Å². The van der Waals surface area contributed by atoms with Crippen LogP contribution < -0.4 is 16.0 Å². The smallest absolute Gasteiger partial charge is 0.497 e. The number of hydrogen-bond acceptors (Lipinski definition) is 6. The number of nitrogens with two attached hydrogens (primary N) is 1. The molecule has 0 aliphatic carbocycles. The van der Waals surface area contributed by atoms with E-state index in [-0.39, 0.29) is 16.4 Å². The number of ether oxygens (including phenoxy) is 2. The Morgan fingerprint density at radius 3 is 2.52 bits per heavy atom. The third-order valence-electron chi connectivity index (χ3n) is 6.84. The largest absolute Gasteiger partial charge is 0.535 e. The van der Waals surface area contributed by atoms with Crippen molar-refractivity contribution in [2.45, 2.75) is 52.5 Å². The second-order valence-electron chi connectivity index (χ2n) is 9.78. The Hall–Kier alpha value is -3.75. The van der Waals surface area contributed by atoms with Gasteiger partial charge in [-0.25, -0.2) is 4.79 Å². The van der Waals surface area contributed by atoms with Gasteiger partial charge in [-0.3, -0.25) is 9.63 Å². The van der Waals surface area contributed by atoms with Crippen LogP contribution in [-0.2, 0) is 22.5 Å². The van der Waals surface area contributed by atoms with Crippen molar-refractivity contribution in [3.63, 3.8) is 0 Å². The molecule has 42 heavy (non-hydrogen) atoms. The van der Waals surface area contributed by atoms with Crippen LogP contribution in [0, 0.1) is 5.92 Å². The van der Waals surface area contributed by atoms with E-state index in [0.717, 1.165) is 42.6 Å². The average Bonchev–Trinajstić information content (AvgIpc) is 3.00. The van der Waals surface area contributed by atoms with Gasteiger partial charge in [0.1, 0.15) is 10.8 Å². The van der Waals surface area contributed by atoms with Crippen LogP contribution in [0.4, 0.5) is 4.79 Å². The molecule has 0 radical (unpaired) electrons. The van der Waals surface area contributed by atoms with Gasteiger partial charge in [-0.05, 0) is 54.2 Å². The van der Waals surface area contributed by atoms with Gasteiger partial charge in [-0.15, -0.1) is 0 Å². The molecule has 0 spiro atoms. The highest BCUT2D eigenvalue weighted by Crippen LogP contribution is 2.22. The van der Waals surface area contributed by atoms with Gasteiger partial charge in [0.25, 0.3) is 5.56 Å². The molecule has 0 aliphatic rings. The molecule has 0 saturated carbocycles. The second-order valence-corrected chi connectivity index (χ2v) is 10.6. The Morgan fingerprint density at radius 1 is 1.07 bits per heavy atom. The van der Waals surface area contributed by atoms with Crippen molar-refractivity contribution in [2.24, 2.45) is 16.8 Å². The summed E-state index contributed by atoms with van der Waals surface area (Å²) in [5.74, 6) is 1.06. The van der Waals surface area contributed by atoms with Crippen LogP contribution in [0.3, 0.4) is 0 Å². The molecule has 2 aromatic carbocycles. The number of benzene rings is 2. The summed E-state index contributed by atoms with van der Waals surface area (Å²) in [6.45, 7) is 4.82. The monoisotopic (exact) mass is 613 g/mol. The van der Waals surface area contributed by atoms with Crippen LogP contribution >= 0.6 is 23.2 Å². The number of amidine groups is 1. The molecule has 1 atom stereocenters. The summed E-state index contributed by atoms with van der Waals surface area (Å²) >= 11 is 12.7. The fourth-order valence-corrected chi connectivity index (χ4v) is 4.80. The zero-order chi connectivity index (χ0) is 30.5. The van der Waals surface area contributed by atoms with Crippen LogP contribution in [0.25, 0.3) is 12.2 Å². The quantitative estimate of drug-likeness (QED) is 0.0661. The molecule has 0 amide bonds. The zero-order valence-corrected chi connectivity index (χ0v) is 25.7. The molecule has 10 heteroatoms. The summed E-state index contributed by atoms with van der Waals surface area (Å²) in [5, 5.41) is 4.12. The first-order valence-corrected chi connectivity index (χ1v) is 14.7. The van der Waals surface area contributed by atoms with Crippen LogP contribution in [0.15, 0.2) is 64.5 Å². The summed E-state index contributed by atoms with van der Waals surface area (Å²) in [5.41, 5.74) is 8.62. The number of halogens is 2. The fraction of sp³-hybridized carbons (Fsp3) is 0.344. The number of hydrogen-bond donors (Lipinski definition) is 1. The number of nitrogens with zero attached hydrogens (tertiary/aromatic N) is 2. The number of aryl methyl sites for hydroxylation is 1. The predicted octanol–water partition coefficient (Wildman–Crippen LogP) is 7.57. The number of pyridine rings is 1. The van der Waals surface area contributed by atoms with Crippen molar-refractivity contribution < 1.29 is 19.1 Å². The Labute approximate surface area is 256 Å². The van der Waals surface area contributed by atoms with E-state index in [1.807, 2.05) is 42.5 Å². The minimum absolute atomic E-state index is 0.0410. The van der Waals surface area contributed by atoms with Crippen molar-refractivity contribution in [3.05, 3.63) is 97.4 Å². The van der Waals surface area contributed by atoms with Crippen LogP contribution in [0.2, 0.25) is 10.0 Å². The lowest BCUT2D eigenvalue weighted by atomic mass is 10.0. The fourth-order valence-electron chi connectivity index (χ4n) is 4.26. The third-order valence-corrected chi connectivity index (χ3v) is 7.41. The number of methoxy groups -OCH3 is 1. The Balaban J connectivity index is 1.65. The van der Waals surface area contributed by atoms with E-state index in [1.165, 1.54) is 6.07 Å². The first-order valence-electron chi connectivity index (χ1n) is 13.9. The minimum Gasteiger partial charge on any atom is -0.497 e. The molecule has 1 aromatic heterocycles. The van der Waals surface area contributed by atoms with Crippen LogP contribution in [0.1, 0.15) is 61.9 Å². The Morgan fingerprint density at radius 2 is 1.83 bits per heavy atom. The first-order chi connectivity index (χ1) is 20.2. The molecule has 224 valence electrons. The molecule has 8 nitrogen and oxygen atoms in total. The van der Waals surface area contributed by atoms with E-state index in [9.17, 15) is 9.59 Å². The van der Waals surface area contributed by atoms with Crippen molar-refractivity contribution in [1.82, 2.24) is 4.57 Å². The Kier molecular flexibility index (Phi) is 13.0. The molecule has 0 aliphatic heterocycles. The molecular weight excluding hydrogens is 577 g/mol. The maximum Gasteiger partial charge on any atom is 0.535 e. The second kappa shape index (κ2) is 16.6. The molecular formula is C32H37Cl2N3O5. The highest BCUT2D eigenvalue weighted by Gasteiger charge is 2.13. The first kappa shape index (κ1) is 32.8. The molecule has 0 fully saturated rings. The van der Waals surface area contributed by atoms with E-state index in [4.69, 9.17) is 43.2 Å². The van der Waals surface area contributed by atoms with E-state index in [2.05, 4.69) is 19.0 Å². The topological polar surface area (TPSA) is 105 Å². The number of oxime groups is 1. The van der Waals surface area contributed by atoms with Gasteiger partial charge in [0, 0.05) is 12.1 Å². The summed E-state index contributed by atoms with van der Waals surface area (Å²) < 4.78 is 12.0. The van der Waals surface area contributed by atoms with E-state index in [0.29, 0.717) is 41.8 Å². The van der Waals surface area contributed by atoms with Gasteiger partial charge >= 0.3 is 6.16 Å². The third kappa shape index (κ3) is 9.67. The van der Waals surface area contributed by atoms with Gasteiger partial charge in [0.05, 0.1) is 24.4 Å². The lowest BCUT2D eigenvalue weighted by Gasteiger charge is -2.13. The maximum atomic E-state index is 12.9. The number of aromatic nitrogens is 1. The van der Waals surface area contributed by atoms with Gasteiger partial charge in [-0.1, -0.05) is 104 Å². The van der Waals surface area contributed by atoms with Gasteiger partial charge in [-0.2, -0.15) is 0 Å². The lowest BCUT2D eigenvalue weighted by molar-refractivity contribution is 0.0443. The van der Waals surface area contributed by atoms with E-state index >= 15 is 0 Å². The molecule has 1 unspecified atom stereocenters. The summed E-state index contributed by atoms with van der Waals surface area (Å²) in [6, 6.07) is 16.2. The number of carbonyl (C=O) groups is 1. The normalized spacial score (nSPS) is 12.4. The predicted molar refractivity (Wildman–Crippen MR) is 169 cm³/mol. The summed E-state index contributed by atoms with van der Waals surface area (Å²) in [6.07, 6.45) is 7.38. The van der Waals surface area contributed by atoms with Crippen molar-refractivity contribution in [1.29, 1.82) is 0 Å². The van der Waals surface area contributed by atoms with Gasteiger partial charge < -0.3 is 19.8 Å². The summed E-state index contributed by atoms with van der Waals surface area (Å²) in [7, 11) is 1.60. The maximum absolute atomic E-state index is 12.9. The van der Waals surface area contributed by atoms with Gasteiger partial charge in [0.15, 0.2) is 5.84 Å². The standard InChI is InChI=1S/C32H37Cl2N3O5/c1-4-6-8-22(5-2)21-41-32(39)42-36-30(35)25-14-11-23(12-15-25)17-18-37-29(27(33)20-28(34)31(37)38)16-13-24-9-7-10-26(19-24)40-3/h7,9-16,19-20,22H,4-6,8,17-18,21H2,1-3H3,(H2,35,36). The SMILES string of the molecule is CCCCC(CC)COC(=O)ON=C(N)c1ccc(CCn2c(C=Cc3cccc(OC)c3)c(Cl)cc(Cl)c2=O)cc1. The van der Waals surface area contributed by atoms with Crippen LogP contribution in [-0.4, -0.2) is 30.3 Å². The van der Waals surface area contributed by atoms with Crippen LogP contribution in [0.5, 0.6) is 5.75 Å². The van der Waals surface area contributed by atoms with Gasteiger partial charge in [0.2, 0.25) is 0 Å². The lowest BCUT2D eigenvalue weighted by Crippen LogP contribution is -2.24. The highest BCUT2D eigenvalue weighted by atomic mass is 35.5. The highest BCUT2D eigenvalue weighted by molar-refractivity contribution is 6.35. The van der Waals surface area contributed by atoms with Crippen molar-refractivity contribution >= 4 is 47.3 Å². The number of unbranched alkanes of at least 4 members (excludes halogenated alkanes) is 1. The summed E-state index contributed by atoms with van der Waals surface area (Å²) in [4.78, 5) is 29.7. The molecule has 0 saturated heterocycles. The van der Waals surface area contributed by atoms with Crippen molar-refractivity contribution in [3.8, 4) is 5.75 Å². The minimum atomic E-state index is -0.883. The number of carbonyl (C=O) groups excluding carboxylic acids is 1. The number of rotatable bonds is 14. The molecule has 0 bridgehead atoms. The molecule has 3 rings (SSSR count). The molecule has 1 heterocycles. The van der Waals surface area contributed by atoms with E-state index in [1.54, 1.807) is 29.9 Å². The molecule has 3 aromatic rings. The Bertz CT molecular complexity index is 1450. The zero-order valence-electron chi connectivity index (χ0n) is 24.1.